The molecule has 3 rings (SSSR count). The Bertz CT molecular complexity index is 617. The monoisotopic (exact) mass is 314 g/mol. The molecule has 4 heteroatoms. The third-order valence-corrected chi connectivity index (χ3v) is 4.75. The Morgan fingerprint density at radius 2 is 2.17 bits per heavy atom. The van der Waals surface area contributed by atoms with Gasteiger partial charge in [0.15, 0.2) is 5.76 Å². The number of unbranched alkanes of at least 4 members (excludes halogenated alkanes) is 1. The molecule has 1 amide bonds. The average molecular weight is 314 g/mol. The summed E-state index contributed by atoms with van der Waals surface area (Å²) >= 11 is 0. The lowest BCUT2D eigenvalue weighted by molar-refractivity contribution is 0.0926. The number of fused-ring (bicyclic) bond motifs is 1. The van der Waals surface area contributed by atoms with Crippen molar-refractivity contribution in [2.24, 2.45) is 0 Å². The molecule has 1 aromatic carbocycles. The van der Waals surface area contributed by atoms with E-state index in [9.17, 15) is 4.79 Å². The van der Waals surface area contributed by atoms with Gasteiger partial charge in [0.1, 0.15) is 5.58 Å². The van der Waals surface area contributed by atoms with Gasteiger partial charge in [-0.2, -0.15) is 0 Å². The van der Waals surface area contributed by atoms with Crippen molar-refractivity contribution in [3.8, 4) is 0 Å². The fourth-order valence-electron chi connectivity index (χ4n) is 3.31. The molecule has 23 heavy (non-hydrogen) atoms. The maximum atomic E-state index is 12.1. The lowest BCUT2D eigenvalue weighted by atomic mass is 10.0. The van der Waals surface area contributed by atoms with Crippen molar-refractivity contribution in [1.82, 2.24) is 10.2 Å². The number of furan rings is 1. The van der Waals surface area contributed by atoms with Crippen molar-refractivity contribution in [2.45, 2.75) is 45.1 Å². The summed E-state index contributed by atoms with van der Waals surface area (Å²) in [4.78, 5) is 14.7. The summed E-state index contributed by atoms with van der Waals surface area (Å²) in [5, 5.41) is 3.93. The molecule has 1 aromatic heterocycles. The van der Waals surface area contributed by atoms with E-state index in [0.717, 1.165) is 30.4 Å². The summed E-state index contributed by atoms with van der Waals surface area (Å²) < 4.78 is 5.58. The Hall–Kier alpha value is -1.81. The molecule has 4 nitrogen and oxygen atoms in total. The van der Waals surface area contributed by atoms with Gasteiger partial charge in [0.2, 0.25) is 0 Å². The molecule has 0 saturated carbocycles. The zero-order valence-corrected chi connectivity index (χ0v) is 13.9. The molecule has 1 fully saturated rings. The minimum atomic E-state index is -0.118. The number of amides is 1. The molecular weight excluding hydrogens is 288 g/mol. The smallest absolute Gasteiger partial charge is 0.287 e. The van der Waals surface area contributed by atoms with Gasteiger partial charge in [-0.3, -0.25) is 4.79 Å². The van der Waals surface area contributed by atoms with Gasteiger partial charge in [0.25, 0.3) is 5.91 Å². The van der Waals surface area contributed by atoms with Crippen LogP contribution in [-0.4, -0.2) is 36.5 Å². The molecule has 1 saturated heterocycles. The van der Waals surface area contributed by atoms with E-state index in [0.29, 0.717) is 18.3 Å². The standard InChI is InChI=1S/C19H26N2O2/c1-15-8-4-6-12-21(15)13-7-5-11-20-19(22)18-14-16-9-2-3-10-17(16)23-18/h2-3,9-10,14-15H,4-8,11-13H2,1H3,(H,20,22). The zero-order chi connectivity index (χ0) is 16.1. The lowest BCUT2D eigenvalue weighted by Gasteiger charge is -2.33. The van der Waals surface area contributed by atoms with Crippen molar-refractivity contribution in [3.63, 3.8) is 0 Å². The maximum Gasteiger partial charge on any atom is 0.287 e. The molecule has 2 heterocycles. The molecule has 1 unspecified atom stereocenters. The van der Waals surface area contributed by atoms with Gasteiger partial charge in [-0.05, 0) is 57.8 Å². The number of benzene rings is 1. The van der Waals surface area contributed by atoms with E-state index in [2.05, 4.69) is 17.1 Å². The van der Waals surface area contributed by atoms with Gasteiger partial charge in [-0.1, -0.05) is 24.6 Å². The van der Waals surface area contributed by atoms with Crippen LogP contribution < -0.4 is 5.32 Å². The number of para-hydroxylation sites is 1. The Morgan fingerprint density at radius 1 is 1.30 bits per heavy atom. The number of hydrogen-bond acceptors (Lipinski definition) is 3. The molecule has 0 radical (unpaired) electrons. The number of carbonyl (C=O) groups is 1. The van der Waals surface area contributed by atoms with E-state index in [1.54, 1.807) is 6.07 Å². The van der Waals surface area contributed by atoms with Crippen LogP contribution in [0.4, 0.5) is 0 Å². The molecule has 1 aliphatic rings. The van der Waals surface area contributed by atoms with Crippen LogP contribution in [0.5, 0.6) is 0 Å². The molecule has 1 N–H and O–H groups in total. The third kappa shape index (κ3) is 4.14. The number of nitrogens with one attached hydrogen (secondary N) is 1. The van der Waals surface area contributed by atoms with E-state index in [1.165, 1.54) is 25.8 Å². The predicted octanol–water partition coefficient (Wildman–Crippen LogP) is 3.82. The van der Waals surface area contributed by atoms with Crippen molar-refractivity contribution in [3.05, 3.63) is 36.1 Å². The van der Waals surface area contributed by atoms with Gasteiger partial charge in [-0.25, -0.2) is 0 Å². The average Bonchev–Trinajstić information content (AvgIpc) is 3.00. The van der Waals surface area contributed by atoms with Crippen LogP contribution in [0.2, 0.25) is 0 Å². The van der Waals surface area contributed by atoms with Crippen LogP contribution >= 0.6 is 0 Å². The first-order chi connectivity index (χ1) is 11.2. The first kappa shape index (κ1) is 16.1. The molecule has 2 aromatic rings. The largest absolute Gasteiger partial charge is 0.451 e. The van der Waals surface area contributed by atoms with Gasteiger partial charge in [0, 0.05) is 18.0 Å². The van der Waals surface area contributed by atoms with Gasteiger partial charge in [0.05, 0.1) is 0 Å². The van der Waals surface area contributed by atoms with E-state index in [-0.39, 0.29) is 5.91 Å². The fraction of sp³-hybridized carbons (Fsp3) is 0.526. The number of rotatable bonds is 6. The first-order valence-corrected chi connectivity index (χ1v) is 8.75. The van der Waals surface area contributed by atoms with Gasteiger partial charge in [-0.15, -0.1) is 0 Å². The second-order valence-electron chi connectivity index (χ2n) is 6.49. The van der Waals surface area contributed by atoms with Crippen LogP contribution in [0.1, 0.15) is 49.6 Å². The molecular formula is C19H26N2O2. The van der Waals surface area contributed by atoms with Crippen molar-refractivity contribution in [1.29, 1.82) is 0 Å². The maximum absolute atomic E-state index is 12.1. The van der Waals surface area contributed by atoms with E-state index < -0.39 is 0 Å². The normalized spacial score (nSPS) is 19.1. The summed E-state index contributed by atoms with van der Waals surface area (Å²) in [7, 11) is 0. The van der Waals surface area contributed by atoms with E-state index in [1.807, 2.05) is 24.3 Å². The number of likely N-dealkylation sites (tertiary alicyclic amines) is 1. The van der Waals surface area contributed by atoms with Crippen molar-refractivity contribution >= 4 is 16.9 Å². The highest BCUT2D eigenvalue weighted by atomic mass is 16.3. The second kappa shape index (κ2) is 7.64. The summed E-state index contributed by atoms with van der Waals surface area (Å²) in [6.07, 6.45) is 6.15. The predicted molar refractivity (Wildman–Crippen MR) is 92.7 cm³/mol. The lowest BCUT2D eigenvalue weighted by Crippen LogP contribution is -2.38. The Morgan fingerprint density at radius 3 is 3.00 bits per heavy atom. The molecule has 0 spiro atoms. The fourth-order valence-corrected chi connectivity index (χ4v) is 3.31. The molecule has 1 atom stereocenters. The Balaban J connectivity index is 1.39. The summed E-state index contributed by atoms with van der Waals surface area (Å²) in [5.74, 6) is 0.281. The first-order valence-electron chi connectivity index (χ1n) is 8.75. The van der Waals surface area contributed by atoms with Crippen LogP contribution in [0.15, 0.2) is 34.7 Å². The highest BCUT2D eigenvalue weighted by molar-refractivity contribution is 5.95. The topological polar surface area (TPSA) is 45.5 Å². The number of carbonyl (C=O) groups excluding carboxylic acids is 1. The second-order valence-corrected chi connectivity index (χ2v) is 6.49. The number of hydrogen-bond donors (Lipinski definition) is 1. The summed E-state index contributed by atoms with van der Waals surface area (Å²) in [6, 6.07) is 10.2. The Labute approximate surface area is 137 Å². The number of nitrogens with zero attached hydrogens (tertiary/aromatic N) is 1. The van der Waals surface area contributed by atoms with Crippen molar-refractivity contribution < 1.29 is 9.21 Å². The minimum absolute atomic E-state index is 0.118. The molecule has 1 aliphatic heterocycles. The highest BCUT2D eigenvalue weighted by Gasteiger charge is 2.17. The molecule has 0 aliphatic carbocycles. The van der Waals surface area contributed by atoms with Crippen LogP contribution in [0.25, 0.3) is 11.0 Å². The summed E-state index contributed by atoms with van der Waals surface area (Å²) in [6.45, 7) is 5.40. The quantitative estimate of drug-likeness (QED) is 0.825. The van der Waals surface area contributed by atoms with E-state index in [4.69, 9.17) is 4.42 Å². The zero-order valence-electron chi connectivity index (χ0n) is 13.9. The van der Waals surface area contributed by atoms with Gasteiger partial charge < -0.3 is 14.6 Å². The third-order valence-electron chi connectivity index (χ3n) is 4.75. The van der Waals surface area contributed by atoms with Crippen LogP contribution in [-0.2, 0) is 0 Å². The molecule has 0 bridgehead atoms. The van der Waals surface area contributed by atoms with Crippen molar-refractivity contribution in [2.75, 3.05) is 19.6 Å². The Kier molecular flexibility index (Phi) is 5.34. The molecule has 124 valence electrons. The van der Waals surface area contributed by atoms with Gasteiger partial charge >= 0.3 is 0 Å². The van der Waals surface area contributed by atoms with E-state index >= 15 is 0 Å². The minimum Gasteiger partial charge on any atom is -0.451 e. The van der Waals surface area contributed by atoms with Crippen LogP contribution in [0, 0.1) is 0 Å². The summed E-state index contributed by atoms with van der Waals surface area (Å²) in [5.41, 5.74) is 0.761. The van der Waals surface area contributed by atoms with Crippen LogP contribution in [0.3, 0.4) is 0 Å². The highest BCUT2D eigenvalue weighted by Crippen LogP contribution is 2.19. The number of piperidine rings is 1. The SMILES string of the molecule is CC1CCCCN1CCCCNC(=O)c1cc2ccccc2o1.